The number of hydrogen-bond acceptors (Lipinski definition) is 0. The Hall–Kier alpha value is 0.627. The van der Waals surface area contributed by atoms with Crippen LogP contribution in [0, 0.1) is 0 Å². The first-order valence-corrected chi connectivity index (χ1v) is 27.2. The Morgan fingerprint density at radius 2 is 1.18 bits per heavy atom. The average Bonchev–Trinajstić information content (AvgIpc) is 2.92. The molecule has 126 valence electrons. The molecule has 0 aromatic carbocycles. The van der Waals surface area contributed by atoms with Crippen LogP contribution in [0.2, 0.25) is 9.36 Å². The van der Waals surface area contributed by atoms with Gasteiger partial charge in [-0.1, -0.05) is 0 Å². The zero-order valence-electron chi connectivity index (χ0n) is 15.0. The molecule has 0 spiro atoms. The molecule has 2 aliphatic carbocycles. The van der Waals surface area contributed by atoms with Gasteiger partial charge in [0.1, 0.15) is 0 Å². The molecule has 4 heteroatoms. The van der Waals surface area contributed by atoms with Crippen LogP contribution in [0.25, 0.3) is 0 Å². The second-order valence-corrected chi connectivity index (χ2v) is 48.7. The molecule has 0 aromatic rings. The van der Waals surface area contributed by atoms with Crippen molar-refractivity contribution >= 4 is 31.8 Å². The van der Waals surface area contributed by atoms with E-state index in [0.29, 0.717) is 0 Å². The summed E-state index contributed by atoms with van der Waals surface area (Å²) in [6.07, 6.45) is 9.89. The summed E-state index contributed by atoms with van der Waals surface area (Å²) < 4.78 is 9.13. The zero-order chi connectivity index (χ0) is 15.2. The van der Waals surface area contributed by atoms with Gasteiger partial charge in [0.15, 0.2) is 0 Å². The summed E-state index contributed by atoms with van der Waals surface area (Å²) >= 11 is -3.04. The van der Waals surface area contributed by atoms with Gasteiger partial charge in [-0.05, 0) is 0 Å². The van der Waals surface area contributed by atoms with Crippen molar-refractivity contribution < 1.29 is 17.1 Å². The normalized spacial score (nSPS) is 18.9. The third-order valence-corrected chi connectivity index (χ3v) is 29.7. The second kappa shape index (κ2) is 7.67. The summed E-state index contributed by atoms with van der Waals surface area (Å²) in [5, 5.41) is 0. The summed E-state index contributed by atoms with van der Waals surface area (Å²) in [5.41, 5.74) is 6.50. The fraction of sp³-hybridized carbons (Fsp3) is 0.556. The summed E-state index contributed by atoms with van der Waals surface area (Å²) in [4.78, 5) is 0. The van der Waals surface area contributed by atoms with E-state index in [0.717, 1.165) is 0 Å². The molecule has 0 aliphatic heterocycles. The third-order valence-electron chi connectivity index (χ3n) is 5.23. The molecule has 0 heterocycles. The first-order chi connectivity index (χ1) is 9.18. The fourth-order valence-electron chi connectivity index (χ4n) is 4.07. The SMILES string of the molecule is CCC1=[C]([Hf]([CH3])([CH3])(=[SiH2])[C]2=C(CC)C=C(C)C2)CC(C)=C1.Cl.Cl. The number of rotatable bonds is 4. The molecule has 0 bridgehead atoms. The van der Waals surface area contributed by atoms with Crippen molar-refractivity contribution in [1.82, 2.24) is 0 Å². The number of allylic oxidation sites excluding steroid dienone is 8. The van der Waals surface area contributed by atoms with Gasteiger partial charge in [-0.25, -0.2) is 0 Å². The number of halogens is 2. The van der Waals surface area contributed by atoms with Gasteiger partial charge in [0.2, 0.25) is 0 Å². The van der Waals surface area contributed by atoms with Crippen LogP contribution in [0.1, 0.15) is 53.4 Å². The van der Waals surface area contributed by atoms with Crippen molar-refractivity contribution in [2.24, 2.45) is 0 Å². The van der Waals surface area contributed by atoms with E-state index in [-0.39, 0.29) is 24.8 Å². The van der Waals surface area contributed by atoms with Crippen molar-refractivity contribution in [3.63, 3.8) is 0 Å². The second-order valence-electron chi connectivity index (χ2n) is 7.74. The van der Waals surface area contributed by atoms with E-state index in [1.807, 2.05) is 6.66 Å². The monoisotopic (exact) mass is 526 g/mol. The van der Waals surface area contributed by atoms with Crippen LogP contribution in [-0.2, 0) is 17.1 Å². The van der Waals surface area contributed by atoms with Crippen molar-refractivity contribution in [2.45, 2.75) is 62.7 Å². The molecule has 0 aromatic heterocycles. The molecular formula is C18H32Cl2HfSi. The summed E-state index contributed by atoms with van der Waals surface area (Å²) in [6, 6.07) is 0. The Morgan fingerprint density at radius 1 is 0.864 bits per heavy atom. The van der Waals surface area contributed by atoms with Gasteiger partial charge in [0, 0.05) is 0 Å². The van der Waals surface area contributed by atoms with Crippen LogP contribution < -0.4 is 0 Å². The molecule has 0 unspecified atom stereocenters. The fourth-order valence-corrected chi connectivity index (χ4v) is 26.4. The van der Waals surface area contributed by atoms with Crippen LogP contribution in [0.4, 0.5) is 0 Å². The van der Waals surface area contributed by atoms with Crippen molar-refractivity contribution in [3.05, 3.63) is 41.1 Å². The number of hydrogen-bond donors (Lipinski definition) is 0. The minimum atomic E-state index is -3.04. The predicted octanol–water partition coefficient (Wildman–Crippen LogP) is 6.19. The molecular weight excluding hydrogens is 494 g/mol. The molecule has 0 amide bonds. The molecule has 0 saturated carbocycles. The smallest absolute Gasteiger partial charge is 0.147 e. The van der Waals surface area contributed by atoms with E-state index in [2.05, 4.69) is 56.1 Å². The quantitative estimate of drug-likeness (QED) is 0.384. The van der Waals surface area contributed by atoms with Crippen LogP contribution in [-0.4, -0.2) is 6.94 Å². The van der Waals surface area contributed by atoms with Gasteiger partial charge < -0.3 is 0 Å². The van der Waals surface area contributed by atoms with Gasteiger partial charge in [0.25, 0.3) is 0 Å². The first-order valence-electron chi connectivity index (χ1n) is 8.04. The van der Waals surface area contributed by atoms with Gasteiger partial charge in [-0.3, -0.25) is 0 Å². The van der Waals surface area contributed by atoms with Gasteiger partial charge in [-0.15, -0.1) is 24.8 Å². The third kappa shape index (κ3) is 3.99. The largest absolute Gasteiger partial charge is 0.147 e. The van der Waals surface area contributed by atoms with Crippen LogP contribution >= 0.6 is 24.8 Å². The maximum Gasteiger partial charge on any atom is -0.147 e. The molecule has 0 nitrogen and oxygen atoms in total. The Bertz CT molecular complexity index is 592. The molecule has 0 radical (unpaired) electrons. The van der Waals surface area contributed by atoms with Gasteiger partial charge in [-0.2, -0.15) is 0 Å². The molecule has 0 N–H and O–H groups in total. The molecule has 22 heavy (non-hydrogen) atoms. The van der Waals surface area contributed by atoms with Crippen molar-refractivity contribution in [1.29, 1.82) is 0 Å². The minimum absolute atomic E-state index is 0. The Balaban J connectivity index is 0.00000220. The molecule has 2 aliphatic rings. The Labute approximate surface area is 151 Å². The minimum Gasteiger partial charge on any atom is -0.147 e. The van der Waals surface area contributed by atoms with Gasteiger partial charge in [0.05, 0.1) is 0 Å². The van der Waals surface area contributed by atoms with Crippen LogP contribution in [0.5, 0.6) is 0 Å². The molecule has 2 rings (SSSR count). The molecule has 0 saturated heterocycles. The van der Waals surface area contributed by atoms with E-state index in [4.69, 9.17) is 0 Å². The van der Waals surface area contributed by atoms with Crippen molar-refractivity contribution in [3.8, 4) is 0 Å². The average molecular weight is 526 g/mol. The molecule has 0 fully saturated rings. The van der Waals surface area contributed by atoms with E-state index in [9.17, 15) is 0 Å². The standard InChI is InChI=1S/2C8H11.2CH3.2ClH.Hf.H2Si/c2*1-3-8-5-4-7(2)6-8;;;;;;/h2*6H,3-4H2,1-2H3;2*1H3;2*1H;;1H2. The Morgan fingerprint density at radius 3 is 1.45 bits per heavy atom. The van der Waals surface area contributed by atoms with Crippen molar-refractivity contribution in [2.75, 3.05) is 0 Å². The zero-order valence-corrected chi connectivity index (χ0v) is 21.6. The van der Waals surface area contributed by atoms with E-state index < -0.39 is 17.1 Å². The van der Waals surface area contributed by atoms with E-state index >= 15 is 0 Å². The summed E-state index contributed by atoms with van der Waals surface area (Å²) in [6.45, 7) is 11.7. The van der Waals surface area contributed by atoms with E-state index in [1.54, 1.807) is 22.3 Å². The predicted molar refractivity (Wildman–Crippen MR) is 106 cm³/mol. The maximum absolute atomic E-state index is 3.04. The van der Waals surface area contributed by atoms with Gasteiger partial charge >= 0.3 is 128 Å². The summed E-state index contributed by atoms with van der Waals surface area (Å²) in [7, 11) is 0. The molecule has 0 atom stereocenters. The topological polar surface area (TPSA) is 0 Å². The maximum atomic E-state index is 2.69. The van der Waals surface area contributed by atoms with Crippen LogP contribution in [0.15, 0.2) is 41.1 Å². The van der Waals surface area contributed by atoms with Crippen LogP contribution in [0.3, 0.4) is 0 Å². The first kappa shape index (κ1) is 22.6. The summed E-state index contributed by atoms with van der Waals surface area (Å²) in [5.74, 6) is 0. The Kier molecular flexibility index (Phi) is 7.89. The van der Waals surface area contributed by atoms with E-state index in [1.165, 1.54) is 25.7 Å².